The second-order valence-electron chi connectivity index (χ2n) is 5.97. The first-order valence-corrected chi connectivity index (χ1v) is 9.05. The summed E-state index contributed by atoms with van der Waals surface area (Å²) in [5.74, 6) is -0.410. The maximum atomic E-state index is 12.5. The number of carbonyl (C=O) groups is 1. The molecule has 3 aromatic rings. The van der Waals surface area contributed by atoms with Crippen LogP contribution in [0.5, 0.6) is 0 Å². The third-order valence-corrected chi connectivity index (χ3v) is 5.14. The monoisotopic (exact) mass is 372 g/mol. The number of amides is 1. The smallest absolute Gasteiger partial charge is 0.278 e. The van der Waals surface area contributed by atoms with Crippen LogP contribution in [0.3, 0.4) is 0 Å². The van der Waals surface area contributed by atoms with Gasteiger partial charge in [-0.05, 0) is 31.9 Å². The van der Waals surface area contributed by atoms with E-state index in [1.54, 1.807) is 31.2 Å². The van der Waals surface area contributed by atoms with Crippen LogP contribution in [0.15, 0.2) is 29.1 Å². The number of rotatable bonds is 4. The summed E-state index contributed by atoms with van der Waals surface area (Å²) < 4.78 is 6.63. The van der Waals surface area contributed by atoms with E-state index in [2.05, 4.69) is 25.8 Å². The van der Waals surface area contributed by atoms with Crippen molar-refractivity contribution >= 4 is 33.3 Å². The fraction of sp³-hybridized carbons (Fsp3) is 0.375. The number of ether oxygens (including phenoxy) is 1. The number of carbonyl (C=O) groups excluding carboxylic acids is 1. The van der Waals surface area contributed by atoms with E-state index in [-0.39, 0.29) is 11.7 Å². The van der Waals surface area contributed by atoms with E-state index >= 15 is 0 Å². The Hall–Kier alpha value is -2.72. The average molecular weight is 372 g/mol. The zero-order chi connectivity index (χ0) is 18.1. The Balaban J connectivity index is 1.53. The highest BCUT2D eigenvalue weighted by molar-refractivity contribution is 7.15. The largest absolute Gasteiger partial charge is 0.371 e. The Morgan fingerprint density at radius 2 is 2.19 bits per heavy atom. The van der Waals surface area contributed by atoms with E-state index in [1.165, 1.54) is 11.3 Å². The molecular formula is C16H16N6O3S. The maximum Gasteiger partial charge on any atom is 0.278 e. The summed E-state index contributed by atoms with van der Waals surface area (Å²) in [7, 11) is 0. The lowest BCUT2D eigenvalue weighted by atomic mass is 10.2. The van der Waals surface area contributed by atoms with Crippen molar-refractivity contribution in [2.45, 2.75) is 31.9 Å². The molecule has 0 saturated carbocycles. The standard InChI is InChI=1S/C16H16N6O3S/c1-9(22-15(24)10-5-2-3-6-11(10)18-21-22)13(23)17-16-20-19-14(26-16)12-7-4-8-25-12/h2-3,5-6,9,12H,4,7-8H2,1H3,(H,17,20,23)/t9-,12?/m0/s1. The van der Waals surface area contributed by atoms with Gasteiger partial charge in [0.2, 0.25) is 5.13 Å². The molecular weight excluding hydrogens is 356 g/mol. The van der Waals surface area contributed by atoms with Gasteiger partial charge in [0.05, 0.1) is 5.39 Å². The van der Waals surface area contributed by atoms with Gasteiger partial charge in [-0.1, -0.05) is 28.7 Å². The van der Waals surface area contributed by atoms with Crippen LogP contribution in [0.4, 0.5) is 5.13 Å². The van der Waals surface area contributed by atoms with Crippen molar-refractivity contribution < 1.29 is 9.53 Å². The highest BCUT2D eigenvalue weighted by Crippen LogP contribution is 2.32. The minimum Gasteiger partial charge on any atom is -0.371 e. The number of hydrogen-bond acceptors (Lipinski definition) is 8. The van der Waals surface area contributed by atoms with Crippen LogP contribution in [-0.2, 0) is 9.53 Å². The molecule has 0 bridgehead atoms. The van der Waals surface area contributed by atoms with Crippen molar-refractivity contribution in [2.75, 3.05) is 11.9 Å². The molecule has 1 aliphatic rings. The molecule has 1 aromatic carbocycles. The van der Waals surface area contributed by atoms with Gasteiger partial charge in [0.25, 0.3) is 11.5 Å². The van der Waals surface area contributed by atoms with Gasteiger partial charge in [-0.3, -0.25) is 14.9 Å². The molecule has 0 radical (unpaired) electrons. The van der Waals surface area contributed by atoms with E-state index in [4.69, 9.17) is 4.74 Å². The number of aromatic nitrogens is 5. The molecule has 9 nitrogen and oxygen atoms in total. The van der Waals surface area contributed by atoms with Gasteiger partial charge in [-0.15, -0.1) is 15.3 Å². The molecule has 1 aliphatic heterocycles. The fourth-order valence-electron chi connectivity index (χ4n) is 2.76. The van der Waals surface area contributed by atoms with E-state index in [9.17, 15) is 9.59 Å². The molecule has 1 N–H and O–H groups in total. The lowest BCUT2D eigenvalue weighted by molar-refractivity contribution is -0.119. The van der Waals surface area contributed by atoms with Gasteiger partial charge >= 0.3 is 0 Å². The van der Waals surface area contributed by atoms with Crippen LogP contribution in [0.25, 0.3) is 10.9 Å². The molecule has 3 heterocycles. The molecule has 0 aliphatic carbocycles. The van der Waals surface area contributed by atoms with Crippen LogP contribution < -0.4 is 10.9 Å². The zero-order valence-corrected chi connectivity index (χ0v) is 14.8. The highest BCUT2D eigenvalue weighted by Gasteiger charge is 2.24. The quantitative estimate of drug-likeness (QED) is 0.741. The summed E-state index contributed by atoms with van der Waals surface area (Å²) in [6.07, 6.45) is 1.85. The minimum atomic E-state index is -0.838. The summed E-state index contributed by atoms with van der Waals surface area (Å²) in [4.78, 5) is 25.0. The fourth-order valence-corrected chi connectivity index (χ4v) is 3.59. The lowest BCUT2D eigenvalue weighted by Gasteiger charge is -2.12. The van der Waals surface area contributed by atoms with Gasteiger partial charge in [-0.25, -0.2) is 0 Å². The van der Waals surface area contributed by atoms with Crippen LogP contribution in [0, 0.1) is 0 Å². The molecule has 1 fully saturated rings. The summed E-state index contributed by atoms with van der Waals surface area (Å²) in [6.45, 7) is 2.30. The Kier molecular flexibility index (Phi) is 4.43. The normalized spacial score (nSPS) is 18.1. The molecule has 1 amide bonds. The van der Waals surface area contributed by atoms with Gasteiger partial charge in [-0.2, -0.15) is 4.68 Å². The summed E-state index contributed by atoms with van der Waals surface area (Å²) in [5.41, 5.74) is 0.127. The van der Waals surface area contributed by atoms with Gasteiger partial charge in [0.1, 0.15) is 22.7 Å². The third kappa shape index (κ3) is 3.08. The van der Waals surface area contributed by atoms with Crippen molar-refractivity contribution in [1.29, 1.82) is 0 Å². The molecule has 0 spiro atoms. The predicted octanol–water partition coefficient (Wildman–Crippen LogP) is 1.69. The van der Waals surface area contributed by atoms with Crippen molar-refractivity contribution in [2.24, 2.45) is 0 Å². The molecule has 1 saturated heterocycles. The van der Waals surface area contributed by atoms with Gasteiger partial charge in [0.15, 0.2) is 0 Å². The molecule has 26 heavy (non-hydrogen) atoms. The lowest BCUT2D eigenvalue weighted by Crippen LogP contribution is -2.34. The minimum absolute atomic E-state index is 0.0513. The van der Waals surface area contributed by atoms with Crippen LogP contribution in [-0.4, -0.2) is 37.7 Å². The van der Waals surface area contributed by atoms with E-state index in [1.807, 2.05) is 0 Å². The third-order valence-electron chi connectivity index (χ3n) is 4.21. The summed E-state index contributed by atoms with van der Waals surface area (Å²) >= 11 is 1.28. The first kappa shape index (κ1) is 16.7. The summed E-state index contributed by atoms with van der Waals surface area (Å²) in [6, 6.07) is 6.04. The Bertz CT molecular complexity index is 1010. The summed E-state index contributed by atoms with van der Waals surface area (Å²) in [5, 5.41) is 20.1. The topological polar surface area (TPSA) is 112 Å². The van der Waals surface area contributed by atoms with Crippen LogP contribution >= 0.6 is 11.3 Å². The van der Waals surface area contributed by atoms with Crippen molar-refractivity contribution in [1.82, 2.24) is 25.2 Å². The Morgan fingerprint density at radius 3 is 3.00 bits per heavy atom. The SMILES string of the molecule is C[C@@H](C(=O)Nc1nnc(C2CCCO2)s1)n1nnc2ccccc2c1=O. The molecule has 134 valence electrons. The van der Waals surface area contributed by atoms with Gasteiger partial charge < -0.3 is 4.74 Å². The number of nitrogens with one attached hydrogen (secondary N) is 1. The first-order valence-electron chi connectivity index (χ1n) is 8.23. The predicted molar refractivity (Wildman–Crippen MR) is 95.0 cm³/mol. The zero-order valence-electron chi connectivity index (χ0n) is 14.0. The van der Waals surface area contributed by atoms with Crippen LogP contribution in [0.1, 0.15) is 36.9 Å². The van der Waals surface area contributed by atoms with Crippen molar-refractivity contribution in [3.8, 4) is 0 Å². The number of anilines is 1. The molecule has 2 atom stereocenters. The maximum absolute atomic E-state index is 12.5. The average Bonchev–Trinajstić information content (AvgIpc) is 3.33. The second kappa shape index (κ2) is 6.89. The van der Waals surface area contributed by atoms with Gasteiger partial charge in [0, 0.05) is 6.61 Å². The Morgan fingerprint density at radius 1 is 1.35 bits per heavy atom. The molecule has 1 unspecified atom stereocenters. The molecule has 4 rings (SSSR count). The number of fused-ring (bicyclic) bond motifs is 1. The second-order valence-corrected chi connectivity index (χ2v) is 6.98. The molecule has 10 heteroatoms. The van der Waals surface area contributed by atoms with Crippen LogP contribution in [0.2, 0.25) is 0 Å². The van der Waals surface area contributed by atoms with E-state index in [0.717, 1.165) is 22.5 Å². The number of nitrogens with zero attached hydrogens (tertiary/aromatic N) is 5. The Labute approximate surface area is 152 Å². The van der Waals surface area contributed by atoms with E-state index < -0.39 is 11.9 Å². The number of hydrogen-bond donors (Lipinski definition) is 1. The van der Waals surface area contributed by atoms with Crippen molar-refractivity contribution in [3.05, 3.63) is 39.6 Å². The highest BCUT2D eigenvalue weighted by atomic mass is 32.1. The number of benzene rings is 1. The van der Waals surface area contributed by atoms with E-state index in [0.29, 0.717) is 22.6 Å². The first-order chi connectivity index (χ1) is 12.6. The molecule has 2 aromatic heterocycles. The van der Waals surface area contributed by atoms with Crippen molar-refractivity contribution in [3.63, 3.8) is 0 Å².